The first kappa shape index (κ1) is 26.4. The maximum atomic E-state index is 13.8. The number of oxazole rings is 1. The predicted octanol–water partition coefficient (Wildman–Crippen LogP) is 6.95. The van der Waals surface area contributed by atoms with Crippen LogP contribution in [0.1, 0.15) is 53.9 Å². The van der Waals surface area contributed by atoms with E-state index in [0.717, 1.165) is 53.7 Å². The van der Waals surface area contributed by atoms with Crippen molar-refractivity contribution in [2.45, 2.75) is 45.1 Å². The molecule has 1 saturated carbocycles. The van der Waals surface area contributed by atoms with E-state index in [1.54, 1.807) is 6.07 Å². The van der Waals surface area contributed by atoms with Gasteiger partial charge in [-0.3, -0.25) is 9.59 Å². The average molecular weight is 522 g/mol. The molecule has 1 aliphatic rings. The lowest BCUT2D eigenvalue weighted by Crippen LogP contribution is -2.36. The zero-order valence-electron chi connectivity index (χ0n) is 22.7. The van der Waals surface area contributed by atoms with Crippen LogP contribution in [0.15, 0.2) is 89.7 Å². The predicted molar refractivity (Wildman–Crippen MR) is 155 cm³/mol. The average Bonchev–Trinajstić information content (AvgIpc) is 3.49. The fourth-order valence-electron chi connectivity index (χ4n) is 5.23. The SMILES string of the molecule is CN(C)c1ccc(-c2ccc(CN(C(=O)C3CCCCC3)c3cccc(C(=O)Cc4ncco4)c3)cc2)cc1. The Labute approximate surface area is 230 Å². The minimum Gasteiger partial charge on any atom is -0.449 e. The fourth-order valence-corrected chi connectivity index (χ4v) is 5.23. The Morgan fingerprint density at radius 2 is 1.56 bits per heavy atom. The minimum absolute atomic E-state index is 0.0138. The van der Waals surface area contributed by atoms with Crippen molar-refractivity contribution in [2.75, 3.05) is 23.9 Å². The molecule has 0 atom stereocenters. The molecule has 5 rings (SSSR count). The molecule has 0 radical (unpaired) electrons. The summed E-state index contributed by atoms with van der Waals surface area (Å²) in [6.45, 7) is 0.451. The largest absolute Gasteiger partial charge is 0.449 e. The standard InChI is InChI=1S/C33H35N3O3/c1-35(2)29-17-15-26(16-18-29)25-13-11-24(12-14-25)23-36(33(38)27-7-4-3-5-8-27)30-10-6-9-28(21-30)31(37)22-32-34-19-20-39-32/h6,9-21,27H,3-5,7-8,22-23H2,1-2H3. The summed E-state index contributed by atoms with van der Waals surface area (Å²) < 4.78 is 5.26. The van der Waals surface area contributed by atoms with Crippen LogP contribution in [0.5, 0.6) is 0 Å². The van der Waals surface area contributed by atoms with Crippen LogP contribution in [0, 0.1) is 5.92 Å². The molecular formula is C33H35N3O3. The summed E-state index contributed by atoms with van der Waals surface area (Å²) in [5.41, 5.74) is 5.78. The number of hydrogen-bond acceptors (Lipinski definition) is 5. The van der Waals surface area contributed by atoms with Gasteiger partial charge in [0.25, 0.3) is 0 Å². The first-order valence-corrected chi connectivity index (χ1v) is 13.7. The van der Waals surface area contributed by atoms with Crippen LogP contribution in [0.25, 0.3) is 11.1 Å². The van der Waals surface area contributed by atoms with E-state index >= 15 is 0 Å². The molecule has 6 heteroatoms. The highest BCUT2D eigenvalue weighted by Crippen LogP contribution is 2.30. The van der Waals surface area contributed by atoms with E-state index in [1.165, 1.54) is 18.9 Å². The van der Waals surface area contributed by atoms with Crippen LogP contribution >= 0.6 is 0 Å². The second kappa shape index (κ2) is 12.1. The van der Waals surface area contributed by atoms with E-state index in [4.69, 9.17) is 4.42 Å². The van der Waals surface area contributed by atoms with E-state index in [1.807, 2.05) is 37.2 Å². The van der Waals surface area contributed by atoms with Crippen LogP contribution in [0.3, 0.4) is 0 Å². The molecule has 0 spiro atoms. The molecule has 200 valence electrons. The van der Waals surface area contributed by atoms with Gasteiger partial charge in [0.05, 0.1) is 19.2 Å². The zero-order chi connectivity index (χ0) is 27.2. The van der Waals surface area contributed by atoms with Crippen LogP contribution in [-0.4, -0.2) is 30.8 Å². The van der Waals surface area contributed by atoms with Gasteiger partial charge in [-0.1, -0.05) is 67.8 Å². The van der Waals surface area contributed by atoms with Gasteiger partial charge in [-0.15, -0.1) is 0 Å². The van der Waals surface area contributed by atoms with Gasteiger partial charge >= 0.3 is 0 Å². The summed E-state index contributed by atoms with van der Waals surface area (Å²) in [5.74, 6) is 0.446. The van der Waals surface area contributed by atoms with Gasteiger partial charge in [0.2, 0.25) is 11.8 Å². The quantitative estimate of drug-likeness (QED) is 0.223. The molecular weight excluding hydrogens is 486 g/mol. The van der Waals surface area contributed by atoms with E-state index < -0.39 is 0 Å². The Morgan fingerprint density at radius 3 is 2.21 bits per heavy atom. The second-order valence-corrected chi connectivity index (χ2v) is 10.5. The van der Waals surface area contributed by atoms with Crippen molar-refractivity contribution in [1.29, 1.82) is 0 Å². The number of ketones is 1. The molecule has 0 unspecified atom stereocenters. The number of aromatic nitrogens is 1. The Morgan fingerprint density at radius 1 is 0.872 bits per heavy atom. The molecule has 1 aliphatic carbocycles. The molecule has 6 nitrogen and oxygen atoms in total. The topological polar surface area (TPSA) is 66.7 Å². The van der Waals surface area contributed by atoms with Crippen molar-refractivity contribution in [1.82, 2.24) is 4.98 Å². The van der Waals surface area contributed by atoms with Crippen molar-refractivity contribution < 1.29 is 14.0 Å². The second-order valence-electron chi connectivity index (χ2n) is 10.5. The summed E-state index contributed by atoms with van der Waals surface area (Å²) in [4.78, 5) is 34.8. The molecule has 1 aromatic heterocycles. The number of nitrogens with zero attached hydrogens (tertiary/aromatic N) is 3. The van der Waals surface area contributed by atoms with Gasteiger partial charge in [-0.05, 0) is 53.8 Å². The van der Waals surface area contributed by atoms with Crippen LogP contribution < -0.4 is 9.80 Å². The Bertz CT molecular complexity index is 1390. The highest BCUT2D eigenvalue weighted by molar-refractivity contribution is 6.00. The van der Waals surface area contributed by atoms with Crippen molar-refractivity contribution in [3.8, 4) is 11.1 Å². The maximum Gasteiger partial charge on any atom is 0.230 e. The molecule has 0 aliphatic heterocycles. The third-order valence-electron chi connectivity index (χ3n) is 7.51. The molecule has 4 aromatic rings. The Balaban J connectivity index is 1.39. The smallest absolute Gasteiger partial charge is 0.230 e. The van der Waals surface area contributed by atoms with Gasteiger partial charge in [0.15, 0.2) is 5.78 Å². The number of Topliss-reactive ketones (excluding diaryl/α,β-unsaturated/α-hetero) is 1. The van der Waals surface area contributed by atoms with E-state index in [0.29, 0.717) is 18.0 Å². The van der Waals surface area contributed by atoms with E-state index in [9.17, 15) is 9.59 Å². The van der Waals surface area contributed by atoms with Crippen molar-refractivity contribution >= 4 is 23.1 Å². The summed E-state index contributed by atoms with van der Waals surface area (Å²) in [7, 11) is 4.07. The van der Waals surface area contributed by atoms with Gasteiger partial charge in [0, 0.05) is 37.0 Å². The zero-order valence-corrected chi connectivity index (χ0v) is 22.7. The molecule has 3 aromatic carbocycles. The van der Waals surface area contributed by atoms with Crippen molar-refractivity contribution in [3.63, 3.8) is 0 Å². The lowest BCUT2D eigenvalue weighted by Gasteiger charge is -2.30. The summed E-state index contributed by atoms with van der Waals surface area (Å²) >= 11 is 0. The van der Waals surface area contributed by atoms with Gasteiger partial charge in [-0.25, -0.2) is 4.98 Å². The number of benzene rings is 3. The van der Waals surface area contributed by atoms with Crippen LogP contribution in [0.2, 0.25) is 0 Å². The third kappa shape index (κ3) is 6.45. The van der Waals surface area contributed by atoms with Gasteiger partial charge in [0.1, 0.15) is 6.26 Å². The first-order valence-electron chi connectivity index (χ1n) is 13.7. The first-order chi connectivity index (χ1) is 19.0. The number of rotatable bonds is 9. The molecule has 0 bridgehead atoms. The molecule has 0 saturated heterocycles. The summed E-state index contributed by atoms with van der Waals surface area (Å²) in [6.07, 6.45) is 8.28. The molecule has 39 heavy (non-hydrogen) atoms. The molecule has 1 heterocycles. The Hall–Kier alpha value is -4.19. The van der Waals surface area contributed by atoms with E-state index in [-0.39, 0.29) is 24.0 Å². The minimum atomic E-state index is -0.0889. The van der Waals surface area contributed by atoms with E-state index in [2.05, 4.69) is 58.4 Å². The molecule has 0 N–H and O–H groups in total. The number of carbonyl (C=O) groups excluding carboxylic acids is 2. The lowest BCUT2D eigenvalue weighted by molar-refractivity contribution is -0.123. The van der Waals surface area contributed by atoms with Gasteiger partial charge < -0.3 is 14.2 Å². The number of anilines is 2. The van der Waals surface area contributed by atoms with Crippen molar-refractivity contribution in [3.05, 3.63) is 102 Å². The van der Waals surface area contributed by atoms with Gasteiger partial charge in [-0.2, -0.15) is 0 Å². The number of carbonyl (C=O) groups is 2. The number of hydrogen-bond donors (Lipinski definition) is 0. The Kier molecular flexibility index (Phi) is 8.21. The lowest BCUT2D eigenvalue weighted by atomic mass is 9.88. The van der Waals surface area contributed by atoms with Crippen molar-refractivity contribution in [2.24, 2.45) is 5.92 Å². The molecule has 1 amide bonds. The van der Waals surface area contributed by atoms with Crippen LogP contribution in [-0.2, 0) is 17.8 Å². The van der Waals surface area contributed by atoms with Crippen LogP contribution in [0.4, 0.5) is 11.4 Å². The molecule has 1 fully saturated rings. The monoisotopic (exact) mass is 521 g/mol. The summed E-state index contributed by atoms with van der Waals surface area (Å²) in [6, 6.07) is 24.3. The summed E-state index contributed by atoms with van der Waals surface area (Å²) in [5, 5.41) is 0. The highest BCUT2D eigenvalue weighted by atomic mass is 16.3. The normalized spacial score (nSPS) is 13.7. The number of amides is 1. The third-order valence-corrected chi connectivity index (χ3v) is 7.51. The highest BCUT2D eigenvalue weighted by Gasteiger charge is 2.27. The fraction of sp³-hybridized carbons (Fsp3) is 0.303. The maximum absolute atomic E-state index is 13.8.